The van der Waals surface area contributed by atoms with Gasteiger partial charge in [-0.05, 0) is 44.6 Å². The van der Waals surface area contributed by atoms with Gasteiger partial charge in [-0.15, -0.1) is 0 Å². The van der Waals surface area contributed by atoms with Crippen molar-refractivity contribution in [2.75, 3.05) is 13.7 Å². The van der Waals surface area contributed by atoms with Crippen LogP contribution in [0.15, 0.2) is 0 Å². The van der Waals surface area contributed by atoms with E-state index in [1.165, 1.54) is 64.3 Å². The summed E-state index contributed by atoms with van der Waals surface area (Å²) < 4.78 is 5.40. The van der Waals surface area contributed by atoms with Gasteiger partial charge in [0.1, 0.15) is 0 Å². The van der Waals surface area contributed by atoms with E-state index in [2.05, 4.69) is 5.32 Å². The van der Waals surface area contributed by atoms with Gasteiger partial charge in [-0.1, -0.05) is 25.7 Å². The molecule has 2 heteroatoms. The topological polar surface area (TPSA) is 21.3 Å². The van der Waals surface area contributed by atoms with E-state index in [0.717, 1.165) is 12.0 Å². The van der Waals surface area contributed by atoms with Crippen molar-refractivity contribution in [3.63, 3.8) is 0 Å². The molecule has 0 unspecified atom stereocenters. The van der Waals surface area contributed by atoms with Crippen LogP contribution >= 0.6 is 0 Å². The summed E-state index contributed by atoms with van der Waals surface area (Å²) in [4.78, 5) is 0. The molecule has 2 nitrogen and oxygen atoms in total. The molecule has 0 aromatic carbocycles. The molecule has 2 rings (SSSR count). The Balaban J connectivity index is 1.53. The van der Waals surface area contributed by atoms with Crippen LogP contribution in [0, 0.1) is 5.92 Å². The van der Waals surface area contributed by atoms with Gasteiger partial charge in [-0.25, -0.2) is 0 Å². The van der Waals surface area contributed by atoms with E-state index in [9.17, 15) is 0 Å². The molecular weight excluding hydrogens is 198 g/mol. The Bertz CT molecular complexity index is 181. The quantitative estimate of drug-likeness (QED) is 0.776. The molecule has 2 aliphatic rings. The maximum atomic E-state index is 5.40. The highest BCUT2D eigenvalue weighted by molar-refractivity contribution is 4.78. The molecule has 0 atom stereocenters. The largest absolute Gasteiger partial charge is 0.381 e. The first-order chi connectivity index (χ1) is 7.88. The summed E-state index contributed by atoms with van der Waals surface area (Å²) in [7, 11) is 1.85. The maximum absolute atomic E-state index is 5.40. The number of hydrogen-bond acceptors (Lipinski definition) is 2. The number of ether oxygens (including phenoxy) is 1. The highest BCUT2D eigenvalue weighted by atomic mass is 16.5. The molecule has 0 amide bonds. The molecule has 0 spiro atoms. The fraction of sp³-hybridized carbons (Fsp3) is 1.00. The number of hydrogen-bond donors (Lipinski definition) is 1. The Labute approximate surface area is 100 Å². The second-order valence-electron chi connectivity index (χ2n) is 5.60. The van der Waals surface area contributed by atoms with E-state index in [-0.39, 0.29) is 0 Å². The zero-order chi connectivity index (χ0) is 11.2. The van der Waals surface area contributed by atoms with Crippen LogP contribution in [0.4, 0.5) is 0 Å². The lowest BCUT2D eigenvalue weighted by atomic mass is 9.92. The van der Waals surface area contributed by atoms with Gasteiger partial charge in [0.25, 0.3) is 0 Å². The third-order valence-corrected chi connectivity index (χ3v) is 4.47. The van der Waals surface area contributed by atoms with Gasteiger partial charge < -0.3 is 10.1 Å². The lowest BCUT2D eigenvalue weighted by Crippen LogP contribution is -2.36. The van der Waals surface area contributed by atoms with Crippen LogP contribution in [0.3, 0.4) is 0 Å². The smallest absolute Gasteiger partial charge is 0.0572 e. The molecule has 2 fully saturated rings. The summed E-state index contributed by atoms with van der Waals surface area (Å²) in [5.74, 6) is 1.03. The van der Waals surface area contributed by atoms with Gasteiger partial charge in [-0.3, -0.25) is 0 Å². The highest BCUT2D eigenvalue weighted by Crippen LogP contribution is 2.27. The average Bonchev–Trinajstić information content (AvgIpc) is 2.83. The van der Waals surface area contributed by atoms with Crippen molar-refractivity contribution in [3.8, 4) is 0 Å². The van der Waals surface area contributed by atoms with Gasteiger partial charge in [0.15, 0.2) is 0 Å². The van der Waals surface area contributed by atoms with E-state index in [1.54, 1.807) is 0 Å². The van der Waals surface area contributed by atoms with Crippen molar-refractivity contribution in [2.24, 2.45) is 5.92 Å². The van der Waals surface area contributed by atoms with Gasteiger partial charge in [-0.2, -0.15) is 0 Å². The molecule has 0 bridgehead atoms. The SMILES string of the molecule is COC1CCC(NCCC2CCCC2)CC1. The minimum atomic E-state index is 0.535. The monoisotopic (exact) mass is 225 g/mol. The summed E-state index contributed by atoms with van der Waals surface area (Å²) in [6.45, 7) is 1.24. The fourth-order valence-corrected chi connectivity index (χ4v) is 3.29. The maximum Gasteiger partial charge on any atom is 0.0572 e. The van der Waals surface area contributed by atoms with Gasteiger partial charge in [0, 0.05) is 13.2 Å². The molecule has 0 aromatic heterocycles. The van der Waals surface area contributed by atoms with E-state index in [4.69, 9.17) is 4.74 Å². The summed E-state index contributed by atoms with van der Waals surface area (Å²) in [6, 6.07) is 0.771. The van der Waals surface area contributed by atoms with Crippen LogP contribution in [0.1, 0.15) is 57.8 Å². The molecule has 94 valence electrons. The average molecular weight is 225 g/mol. The third kappa shape index (κ3) is 3.74. The second-order valence-corrected chi connectivity index (χ2v) is 5.60. The van der Waals surface area contributed by atoms with Gasteiger partial charge >= 0.3 is 0 Å². The number of nitrogens with one attached hydrogen (secondary N) is 1. The Kier molecular flexibility index (Phi) is 5.11. The molecule has 2 aliphatic carbocycles. The van der Waals surface area contributed by atoms with Crippen molar-refractivity contribution in [1.29, 1.82) is 0 Å². The van der Waals surface area contributed by atoms with E-state index >= 15 is 0 Å². The van der Waals surface area contributed by atoms with Gasteiger partial charge in [0.2, 0.25) is 0 Å². The van der Waals surface area contributed by atoms with E-state index in [1.807, 2.05) is 7.11 Å². The Morgan fingerprint density at radius 3 is 2.31 bits per heavy atom. The van der Waals surface area contributed by atoms with E-state index < -0.39 is 0 Å². The van der Waals surface area contributed by atoms with Crippen LogP contribution in [-0.2, 0) is 4.74 Å². The third-order valence-electron chi connectivity index (χ3n) is 4.47. The summed E-state index contributed by atoms with van der Waals surface area (Å²) in [5, 5.41) is 3.74. The lowest BCUT2D eigenvalue weighted by Gasteiger charge is -2.28. The molecule has 0 aliphatic heterocycles. The molecule has 0 saturated heterocycles. The first kappa shape index (κ1) is 12.4. The summed E-state index contributed by atoms with van der Waals surface area (Å²) >= 11 is 0. The van der Waals surface area contributed by atoms with Gasteiger partial charge in [0.05, 0.1) is 6.10 Å². The van der Waals surface area contributed by atoms with Crippen LogP contribution in [-0.4, -0.2) is 25.8 Å². The molecule has 16 heavy (non-hydrogen) atoms. The normalized spacial score (nSPS) is 32.1. The van der Waals surface area contributed by atoms with Crippen LogP contribution in [0.2, 0.25) is 0 Å². The minimum Gasteiger partial charge on any atom is -0.381 e. The fourth-order valence-electron chi connectivity index (χ4n) is 3.29. The zero-order valence-corrected chi connectivity index (χ0v) is 10.7. The van der Waals surface area contributed by atoms with Crippen LogP contribution in [0.25, 0.3) is 0 Å². The minimum absolute atomic E-state index is 0.535. The Hall–Kier alpha value is -0.0800. The second kappa shape index (κ2) is 6.61. The number of rotatable bonds is 5. The Morgan fingerprint density at radius 1 is 1.00 bits per heavy atom. The van der Waals surface area contributed by atoms with Crippen LogP contribution < -0.4 is 5.32 Å². The number of methoxy groups -OCH3 is 1. The van der Waals surface area contributed by atoms with Crippen molar-refractivity contribution >= 4 is 0 Å². The Morgan fingerprint density at radius 2 is 1.69 bits per heavy atom. The van der Waals surface area contributed by atoms with Crippen molar-refractivity contribution in [1.82, 2.24) is 5.32 Å². The summed E-state index contributed by atoms with van der Waals surface area (Å²) in [6.07, 6.45) is 13.0. The molecule has 2 saturated carbocycles. The van der Waals surface area contributed by atoms with Crippen molar-refractivity contribution in [3.05, 3.63) is 0 Å². The summed E-state index contributed by atoms with van der Waals surface area (Å²) in [5.41, 5.74) is 0. The predicted octanol–water partition coefficient (Wildman–Crippen LogP) is 3.11. The molecule has 0 heterocycles. The zero-order valence-electron chi connectivity index (χ0n) is 10.7. The molecule has 0 radical (unpaired) electrons. The van der Waals surface area contributed by atoms with Crippen molar-refractivity contribution < 1.29 is 4.74 Å². The first-order valence-electron chi connectivity index (χ1n) is 7.14. The standard InChI is InChI=1S/C14H27NO/c1-16-14-8-6-13(7-9-14)15-11-10-12-4-2-3-5-12/h12-15H,2-11H2,1H3. The van der Waals surface area contributed by atoms with Crippen LogP contribution in [0.5, 0.6) is 0 Å². The lowest BCUT2D eigenvalue weighted by molar-refractivity contribution is 0.0624. The molecule has 0 aromatic rings. The highest BCUT2D eigenvalue weighted by Gasteiger charge is 2.21. The van der Waals surface area contributed by atoms with Crippen molar-refractivity contribution in [2.45, 2.75) is 69.9 Å². The van der Waals surface area contributed by atoms with E-state index in [0.29, 0.717) is 6.10 Å². The first-order valence-corrected chi connectivity index (χ1v) is 7.14. The predicted molar refractivity (Wildman–Crippen MR) is 67.6 cm³/mol. The molecular formula is C14H27NO. The molecule has 1 N–H and O–H groups in total.